The predicted molar refractivity (Wildman–Crippen MR) is 212 cm³/mol. The summed E-state index contributed by atoms with van der Waals surface area (Å²) in [5.74, 6) is 0.727. The minimum atomic E-state index is -0.184. The van der Waals surface area contributed by atoms with Crippen molar-refractivity contribution in [1.29, 1.82) is 0 Å². The van der Waals surface area contributed by atoms with Gasteiger partial charge in [0, 0.05) is 44.5 Å². The molecule has 4 aliphatic rings. The van der Waals surface area contributed by atoms with E-state index in [1.807, 2.05) is 6.07 Å². The Morgan fingerprint density at radius 3 is 2.14 bits per heavy atom. The highest BCUT2D eigenvalue weighted by Gasteiger charge is 2.41. The fourth-order valence-corrected chi connectivity index (χ4v) is 10.2. The number of nitrogens with zero attached hydrogens (tertiary/aromatic N) is 1. The van der Waals surface area contributed by atoms with Crippen molar-refractivity contribution >= 4 is 60.5 Å². The second-order valence-electron chi connectivity index (χ2n) is 15.2. The summed E-state index contributed by atoms with van der Waals surface area (Å²) in [6.07, 6.45) is 11.7. The molecule has 240 valence electrons. The zero-order valence-electron chi connectivity index (χ0n) is 28.4. The van der Waals surface area contributed by atoms with Gasteiger partial charge in [-0.3, -0.25) is 0 Å². The van der Waals surface area contributed by atoms with Gasteiger partial charge in [0.1, 0.15) is 11.2 Å². The molecule has 2 heterocycles. The predicted octanol–water partition coefficient (Wildman–Crippen LogP) is 12.7. The lowest BCUT2D eigenvalue weighted by Gasteiger charge is -2.31. The van der Waals surface area contributed by atoms with E-state index in [9.17, 15) is 0 Å². The lowest BCUT2D eigenvalue weighted by Crippen LogP contribution is -2.18. The van der Waals surface area contributed by atoms with Crippen molar-refractivity contribution in [2.24, 2.45) is 11.8 Å². The average Bonchev–Trinajstić information content (AvgIpc) is 3.87. The Hall–Kier alpha value is -6.12. The van der Waals surface area contributed by atoms with E-state index in [1.165, 1.54) is 93.9 Å². The van der Waals surface area contributed by atoms with Crippen molar-refractivity contribution in [1.82, 2.24) is 4.57 Å². The molecule has 0 radical (unpaired) electrons. The quantitative estimate of drug-likeness (QED) is 0.182. The molecule has 0 saturated heterocycles. The third-order valence-electron chi connectivity index (χ3n) is 12.4. The molecular formula is C49H33NO. The highest BCUT2D eigenvalue weighted by molar-refractivity contribution is 6.15. The van der Waals surface area contributed by atoms with Crippen LogP contribution in [0.25, 0.3) is 77.3 Å². The van der Waals surface area contributed by atoms with Crippen molar-refractivity contribution in [3.8, 4) is 16.8 Å². The maximum absolute atomic E-state index is 6.37. The van der Waals surface area contributed by atoms with Gasteiger partial charge >= 0.3 is 0 Å². The standard InChI is InChI=1S/C49H33NO/c1-49(2)41-26-40-33-12-6-8-17-44(33)51-45(40)27-39(41)37-24-25-43-47(48(37)49)38-13-5-7-16-42(38)50(43)29-20-18-28(19-21-29)30-22-23-36-32-11-4-3-10-31(32)35-15-9-14-34(30)46(35)36/h3-27,34,46H,1-2H3. The maximum Gasteiger partial charge on any atom is 0.136 e. The number of para-hydroxylation sites is 2. The van der Waals surface area contributed by atoms with Crippen molar-refractivity contribution in [3.05, 3.63) is 180 Å². The first-order chi connectivity index (χ1) is 25.1. The zero-order chi connectivity index (χ0) is 33.6. The van der Waals surface area contributed by atoms with E-state index >= 15 is 0 Å². The van der Waals surface area contributed by atoms with E-state index in [1.54, 1.807) is 0 Å². The summed E-state index contributed by atoms with van der Waals surface area (Å²) in [6.45, 7) is 4.79. The summed E-state index contributed by atoms with van der Waals surface area (Å²) in [4.78, 5) is 0. The average molecular weight is 652 g/mol. The summed E-state index contributed by atoms with van der Waals surface area (Å²) >= 11 is 0. The minimum absolute atomic E-state index is 0.184. The molecule has 2 unspecified atom stereocenters. The summed E-state index contributed by atoms with van der Waals surface area (Å²) in [7, 11) is 0. The van der Waals surface area contributed by atoms with Gasteiger partial charge in [0.25, 0.3) is 0 Å². The highest BCUT2D eigenvalue weighted by atomic mass is 16.3. The van der Waals surface area contributed by atoms with Crippen LogP contribution in [0.15, 0.2) is 156 Å². The molecule has 4 aliphatic carbocycles. The molecule has 0 amide bonds. The number of benzene rings is 6. The largest absolute Gasteiger partial charge is 0.456 e. The Labute approximate surface area is 296 Å². The highest BCUT2D eigenvalue weighted by Crippen LogP contribution is 2.57. The Bertz CT molecular complexity index is 2990. The summed E-state index contributed by atoms with van der Waals surface area (Å²) in [5, 5.41) is 5.01. The van der Waals surface area contributed by atoms with Gasteiger partial charge in [-0.15, -0.1) is 0 Å². The number of aromatic nitrogens is 1. The number of hydrogen-bond donors (Lipinski definition) is 0. The molecule has 2 heteroatoms. The smallest absolute Gasteiger partial charge is 0.136 e. The summed E-state index contributed by atoms with van der Waals surface area (Å²) in [6, 6.07) is 44.9. The normalized spacial score (nSPS) is 19.2. The van der Waals surface area contributed by atoms with Crippen LogP contribution in [-0.2, 0) is 5.41 Å². The monoisotopic (exact) mass is 651 g/mol. The molecule has 0 bridgehead atoms. The molecule has 0 fully saturated rings. The molecule has 2 nitrogen and oxygen atoms in total. The topological polar surface area (TPSA) is 18.1 Å². The van der Waals surface area contributed by atoms with Crippen LogP contribution in [0.3, 0.4) is 0 Å². The Morgan fingerprint density at radius 2 is 1.29 bits per heavy atom. The van der Waals surface area contributed by atoms with Crippen LogP contribution >= 0.6 is 0 Å². The molecule has 2 aromatic heterocycles. The van der Waals surface area contributed by atoms with Crippen LogP contribution in [0, 0.1) is 11.8 Å². The van der Waals surface area contributed by atoms with Crippen LogP contribution in [0.1, 0.15) is 41.7 Å². The molecule has 8 aromatic rings. The second-order valence-corrected chi connectivity index (χ2v) is 15.2. The number of fused-ring (bicyclic) bond motifs is 13. The molecule has 51 heavy (non-hydrogen) atoms. The molecule has 12 rings (SSSR count). The molecular weight excluding hydrogens is 619 g/mol. The molecule has 2 atom stereocenters. The molecule has 0 saturated carbocycles. The van der Waals surface area contributed by atoms with E-state index in [-0.39, 0.29) is 5.41 Å². The first-order valence-electron chi connectivity index (χ1n) is 18.1. The molecule has 6 aromatic carbocycles. The van der Waals surface area contributed by atoms with Crippen molar-refractivity contribution < 1.29 is 4.42 Å². The zero-order valence-corrected chi connectivity index (χ0v) is 28.4. The van der Waals surface area contributed by atoms with E-state index in [0.29, 0.717) is 11.8 Å². The van der Waals surface area contributed by atoms with E-state index < -0.39 is 0 Å². The SMILES string of the molecule is CC1(C)c2cc3c(cc2-c2ccc4c(c21)c1ccccc1n4-c1ccc(C2=CC=C4c5ccccc5C5=CC=CC2C54)cc1)oc1ccccc13. The van der Waals surface area contributed by atoms with Gasteiger partial charge in [-0.2, -0.15) is 0 Å². The van der Waals surface area contributed by atoms with Gasteiger partial charge in [0.15, 0.2) is 0 Å². The Morgan fingerprint density at radius 1 is 0.569 bits per heavy atom. The molecule has 0 N–H and O–H groups in total. The fraction of sp³-hybridized carbons (Fsp3) is 0.102. The van der Waals surface area contributed by atoms with Crippen LogP contribution in [0.5, 0.6) is 0 Å². The van der Waals surface area contributed by atoms with Crippen LogP contribution in [-0.4, -0.2) is 4.57 Å². The first kappa shape index (κ1) is 27.7. The maximum atomic E-state index is 6.37. The van der Waals surface area contributed by atoms with E-state index in [0.717, 1.165) is 11.2 Å². The van der Waals surface area contributed by atoms with Gasteiger partial charge in [0.2, 0.25) is 0 Å². The van der Waals surface area contributed by atoms with E-state index in [4.69, 9.17) is 4.42 Å². The number of hydrogen-bond acceptors (Lipinski definition) is 1. The lowest BCUT2D eigenvalue weighted by molar-refractivity contribution is 0.662. The van der Waals surface area contributed by atoms with Crippen LogP contribution in [0.2, 0.25) is 0 Å². The third kappa shape index (κ3) is 3.47. The molecule has 0 spiro atoms. The van der Waals surface area contributed by atoms with Gasteiger partial charge < -0.3 is 8.98 Å². The second kappa shape index (κ2) is 9.56. The van der Waals surface area contributed by atoms with Gasteiger partial charge in [-0.1, -0.05) is 123 Å². The Kier molecular flexibility index (Phi) is 5.19. The number of rotatable bonds is 2. The first-order valence-corrected chi connectivity index (χ1v) is 18.1. The number of allylic oxidation sites excluding steroid dienone is 8. The summed E-state index contributed by atoms with van der Waals surface area (Å²) < 4.78 is 8.84. The minimum Gasteiger partial charge on any atom is -0.456 e. The van der Waals surface area contributed by atoms with Gasteiger partial charge in [0.05, 0.1) is 11.0 Å². The third-order valence-corrected chi connectivity index (χ3v) is 12.4. The van der Waals surface area contributed by atoms with Crippen molar-refractivity contribution in [2.45, 2.75) is 19.3 Å². The van der Waals surface area contributed by atoms with Crippen LogP contribution in [0.4, 0.5) is 0 Å². The van der Waals surface area contributed by atoms with Crippen molar-refractivity contribution in [3.63, 3.8) is 0 Å². The summed E-state index contributed by atoms with van der Waals surface area (Å²) in [5.41, 5.74) is 19.1. The van der Waals surface area contributed by atoms with Gasteiger partial charge in [-0.25, -0.2) is 0 Å². The van der Waals surface area contributed by atoms with Crippen molar-refractivity contribution in [2.75, 3.05) is 0 Å². The van der Waals surface area contributed by atoms with E-state index in [2.05, 4.69) is 164 Å². The number of furan rings is 1. The fourth-order valence-electron chi connectivity index (χ4n) is 10.2. The van der Waals surface area contributed by atoms with Crippen LogP contribution < -0.4 is 0 Å². The molecule has 0 aliphatic heterocycles. The lowest BCUT2D eigenvalue weighted by atomic mass is 9.72. The Balaban J connectivity index is 1.01. The van der Waals surface area contributed by atoms with Gasteiger partial charge in [-0.05, 0) is 98.1 Å².